The predicted molar refractivity (Wildman–Crippen MR) is 65.6 cm³/mol. The van der Waals surface area contributed by atoms with Crippen LogP contribution < -0.4 is 0 Å². The molecule has 8 nitrogen and oxygen atoms in total. The number of hydrogen-bond donors (Lipinski definition) is 1. The van der Waals surface area contributed by atoms with Crippen molar-refractivity contribution in [3.8, 4) is 0 Å². The van der Waals surface area contributed by atoms with Gasteiger partial charge in [-0.2, -0.15) is 0 Å². The maximum absolute atomic E-state index is 12.0. The molecule has 1 aliphatic rings. The van der Waals surface area contributed by atoms with E-state index in [0.29, 0.717) is 13.1 Å². The molecule has 0 unspecified atom stereocenters. The Hall–Kier alpha value is -2.35. The molecule has 0 saturated carbocycles. The number of carbonyl (C=O) groups is 2. The van der Waals surface area contributed by atoms with Crippen molar-refractivity contribution in [1.82, 2.24) is 19.9 Å². The number of carbonyl (C=O) groups excluding carboxylic acids is 1. The Labute approximate surface area is 117 Å². The van der Waals surface area contributed by atoms with E-state index in [1.165, 1.54) is 23.0 Å². The maximum Gasteiger partial charge on any atom is 0.358 e. The molecule has 1 saturated heterocycles. The fraction of sp³-hybridized carbons (Fsp3) is 0.273. The standard InChI is InChI=1S/C11H9ClN4O4/c12-9-2-1-8(20-9)10(17)15-3-6(4-15)16-5-7(11(18)19)13-14-16/h1-2,5-6H,3-4H2,(H,18,19). The third-order valence-electron chi connectivity index (χ3n) is 3.04. The highest BCUT2D eigenvalue weighted by Gasteiger charge is 2.34. The number of aromatic nitrogens is 3. The first-order chi connectivity index (χ1) is 9.54. The second-order valence-corrected chi connectivity index (χ2v) is 4.73. The zero-order chi connectivity index (χ0) is 14.3. The van der Waals surface area contributed by atoms with Gasteiger partial charge >= 0.3 is 5.97 Å². The van der Waals surface area contributed by atoms with Gasteiger partial charge in [-0.25, -0.2) is 9.48 Å². The first-order valence-corrected chi connectivity index (χ1v) is 6.12. The van der Waals surface area contributed by atoms with Crippen molar-refractivity contribution < 1.29 is 19.1 Å². The number of halogens is 1. The second kappa shape index (κ2) is 4.64. The molecule has 3 rings (SSSR count). The van der Waals surface area contributed by atoms with Crippen molar-refractivity contribution in [1.29, 1.82) is 0 Å². The van der Waals surface area contributed by atoms with Crippen molar-refractivity contribution in [2.24, 2.45) is 0 Å². The van der Waals surface area contributed by atoms with Crippen LogP contribution in [0.1, 0.15) is 27.1 Å². The number of rotatable bonds is 3. The Balaban J connectivity index is 1.63. The fourth-order valence-corrected chi connectivity index (χ4v) is 2.07. The lowest BCUT2D eigenvalue weighted by Crippen LogP contribution is -2.50. The number of amides is 1. The van der Waals surface area contributed by atoms with Gasteiger partial charge in [0.05, 0.1) is 12.2 Å². The first-order valence-electron chi connectivity index (χ1n) is 5.74. The van der Waals surface area contributed by atoms with Gasteiger partial charge in [-0.05, 0) is 23.7 Å². The second-order valence-electron chi connectivity index (χ2n) is 4.36. The summed E-state index contributed by atoms with van der Waals surface area (Å²) in [5, 5.41) is 16.2. The third-order valence-corrected chi connectivity index (χ3v) is 3.24. The van der Waals surface area contributed by atoms with E-state index in [2.05, 4.69) is 10.3 Å². The minimum atomic E-state index is -1.13. The molecule has 0 radical (unpaired) electrons. The van der Waals surface area contributed by atoms with Gasteiger partial charge < -0.3 is 14.4 Å². The van der Waals surface area contributed by atoms with Crippen molar-refractivity contribution in [2.45, 2.75) is 6.04 Å². The predicted octanol–water partition coefficient (Wildman–Crippen LogP) is 0.920. The van der Waals surface area contributed by atoms with E-state index in [0.717, 1.165) is 0 Å². The highest BCUT2D eigenvalue weighted by Crippen LogP contribution is 2.24. The minimum Gasteiger partial charge on any atom is -0.476 e. The van der Waals surface area contributed by atoms with Crippen molar-refractivity contribution in [3.63, 3.8) is 0 Å². The summed E-state index contributed by atoms with van der Waals surface area (Å²) in [7, 11) is 0. The van der Waals surface area contributed by atoms with E-state index in [1.54, 1.807) is 4.90 Å². The average molecular weight is 297 g/mol. The number of likely N-dealkylation sites (tertiary alicyclic amines) is 1. The molecule has 20 heavy (non-hydrogen) atoms. The van der Waals surface area contributed by atoms with Gasteiger partial charge in [-0.15, -0.1) is 5.10 Å². The van der Waals surface area contributed by atoms with Crippen LogP contribution in [-0.2, 0) is 0 Å². The molecular formula is C11H9ClN4O4. The first kappa shape index (κ1) is 12.7. The van der Waals surface area contributed by atoms with Crippen molar-refractivity contribution >= 4 is 23.5 Å². The van der Waals surface area contributed by atoms with E-state index in [4.69, 9.17) is 21.1 Å². The van der Waals surface area contributed by atoms with Gasteiger partial charge in [0.2, 0.25) is 0 Å². The van der Waals surface area contributed by atoms with E-state index in [9.17, 15) is 9.59 Å². The normalized spacial score (nSPS) is 15.2. The van der Waals surface area contributed by atoms with E-state index in [1.807, 2.05) is 0 Å². The molecule has 1 N–H and O–H groups in total. The SMILES string of the molecule is O=C(O)c1cn(C2CN(C(=O)c3ccc(Cl)o3)C2)nn1. The fourth-order valence-electron chi connectivity index (χ4n) is 1.93. The summed E-state index contributed by atoms with van der Waals surface area (Å²) in [4.78, 5) is 24.2. The maximum atomic E-state index is 12.0. The molecule has 2 aromatic rings. The summed E-state index contributed by atoms with van der Waals surface area (Å²) in [6.07, 6.45) is 1.35. The Morgan fingerprint density at radius 2 is 2.15 bits per heavy atom. The summed E-state index contributed by atoms with van der Waals surface area (Å²) < 4.78 is 6.49. The molecule has 0 aromatic carbocycles. The molecule has 1 aliphatic heterocycles. The summed E-state index contributed by atoms with van der Waals surface area (Å²) in [5.74, 6) is -1.21. The Bertz CT molecular complexity index is 674. The average Bonchev–Trinajstić information content (AvgIpc) is 2.96. The monoisotopic (exact) mass is 296 g/mol. The van der Waals surface area contributed by atoms with Gasteiger partial charge in [0.15, 0.2) is 16.7 Å². The molecule has 104 valence electrons. The topological polar surface area (TPSA) is 101 Å². The van der Waals surface area contributed by atoms with Gasteiger partial charge in [0.1, 0.15) is 0 Å². The number of nitrogens with zero attached hydrogens (tertiary/aromatic N) is 4. The van der Waals surface area contributed by atoms with Crippen molar-refractivity contribution in [2.75, 3.05) is 13.1 Å². The summed E-state index contributed by atoms with van der Waals surface area (Å²) in [5.41, 5.74) is -0.118. The number of carboxylic acids is 1. The van der Waals surface area contributed by atoms with E-state index < -0.39 is 5.97 Å². The third kappa shape index (κ3) is 2.14. The van der Waals surface area contributed by atoms with E-state index in [-0.39, 0.29) is 28.6 Å². The number of carboxylic acid groups (broad SMARTS) is 1. The molecule has 2 aromatic heterocycles. The van der Waals surface area contributed by atoms with Crippen LogP contribution in [0.3, 0.4) is 0 Å². The van der Waals surface area contributed by atoms with Crippen LogP contribution in [0.25, 0.3) is 0 Å². The minimum absolute atomic E-state index is 0.0787. The number of aromatic carboxylic acids is 1. The van der Waals surface area contributed by atoms with Crippen molar-refractivity contribution in [3.05, 3.63) is 35.0 Å². The van der Waals surface area contributed by atoms with Crippen LogP contribution in [-0.4, -0.2) is 50.0 Å². The van der Waals surface area contributed by atoms with Crippen LogP contribution in [0.5, 0.6) is 0 Å². The molecule has 9 heteroatoms. The smallest absolute Gasteiger partial charge is 0.358 e. The van der Waals surface area contributed by atoms with Gasteiger partial charge in [-0.1, -0.05) is 5.21 Å². The Kier molecular flexibility index (Phi) is 2.94. The molecule has 0 spiro atoms. The highest BCUT2D eigenvalue weighted by molar-refractivity contribution is 6.29. The molecule has 0 atom stereocenters. The largest absolute Gasteiger partial charge is 0.476 e. The number of furan rings is 1. The summed E-state index contributed by atoms with van der Waals surface area (Å²) in [6, 6.07) is 2.93. The van der Waals surface area contributed by atoms with Crippen LogP contribution in [0.2, 0.25) is 5.22 Å². The zero-order valence-corrected chi connectivity index (χ0v) is 10.8. The molecule has 0 bridgehead atoms. The van der Waals surface area contributed by atoms with Crippen LogP contribution >= 0.6 is 11.6 Å². The number of hydrogen-bond acceptors (Lipinski definition) is 5. The van der Waals surface area contributed by atoms with Crippen LogP contribution in [0.4, 0.5) is 0 Å². The Morgan fingerprint density at radius 3 is 2.70 bits per heavy atom. The van der Waals surface area contributed by atoms with Crippen LogP contribution in [0.15, 0.2) is 22.7 Å². The Morgan fingerprint density at radius 1 is 1.40 bits per heavy atom. The van der Waals surface area contributed by atoms with Gasteiger partial charge in [0, 0.05) is 13.1 Å². The van der Waals surface area contributed by atoms with Gasteiger partial charge in [-0.3, -0.25) is 4.79 Å². The lowest BCUT2D eigenvalue weighted by molar-refractivity contribution is 0.0466. The van der Waals surface area contributed by atoms with E-state index >= 15 is 0 Å². The highest BCUT2D eigenvalue weighted by atomic mass is 35.5. The molecule has 1 amide bonds. The summed E-state index contributed by atoms with van der Waals surface area (Å²) in [6.45, 7) is 0.832. The zero-order valence-electron chi connectivity index (χ0n) is 10.1. The lowest BCUT2D eigenvalue weighted by Gasteiger charge is -2.38. The van der Waals surface area contributed by atoms with Crippen LogP contribution in [0, 0.1) is 0 Å². The molecule has 3 heterocycles. The van der Waals surface area contributed by atoms with Gasteiger partial charge in [0.25, 0.3) is 5.91 Å². The molecule has 1 fully saturated rings. The molecule has 0 aliphatic carbocycles. The summed E-state index contributed by atoms with van der Waals surface area (Å²) >= 11 is 5.61. The molecular weight excluding hydrogens is 288 g/mol. The lowest BCUT2D eigenvalue weighted by atomic mass is 10.1. The quantitative estimate of drug-likeness (QED) is 0.903.